The molecule has 0 aliphatic rings. The van der Waals surface area contributed by atoms with Crippen LogP contribution in [-0.4, -0.2) is 29.2 Å². The number of nitrogens with zero attached hydrogens (tertiary/aromatic N) is 2. The molecular weight excluding hydrogens is 208 g/mol. The van der Waals surface area contributed by atoms with Crippen molar-refractivity contribution in [1.82, 2.24) is 9.97 Å². The van der Waals surface area contributed by atoms with Gasteiger partial charge in [0.15, 0.2) is 5.82 Å². The average Bonchev–Trinajstić information content (AvgIpc) is 2.26. The molecule has 0 N–H and O–H groups in total. The molecule has 0 saturated carbocycles. The largest absolute Gasteiger partial charge is 0.462 e. The Balaban J connectivity index is 2.78. The first kappa shape index (κ1) is 12.6. The van der Waals surface area contributed by atoms with Crippen LogP contribution in [0.1, 0.15) is 35.7 Å². The Morgan fingerprint density at radius 1 is 1.38 bits per heavy atom. The van der Waals surface area contributed by atoms with Gasteiger partial charge in [-0.3, -0.25) is 0 Å². The van der Waals surface area contributed by atoms with E-state index < -0.39 is 0 Å². The molecule has 0 aliphatic carbocycles. The van der Waals surface area contributed by atoms with E-state index >= 15 is 0 Å². The zero-order valence-electron chi connectivity index (χ0n) is 9.82. The fourth-order valence-corrected chi connectivity index (χ4v) is 1.19. The van der Waals surface area contributed by atoms with Crippen molar-refractivity contribution in [2.75, 3.05) is 13.2 Å². The van der Waals surface area contributed by atoms with E-state index in [0.717, 1.165) is 0 Å². The summed E-state index contributed by atoms with van der Waals surface area (Å²) in [6, 6.07) is 0. The minimum atomic E-state index is -0.386. The van der Waals surface area contributed by atoms with Crippen LogP contribution in [0.25, 0.3) is 0 Å². The van der Waals surface area contributed by atoms with Gasteiger partial charge in [0, 0.05) is 12.8 Å². The van der Waals surface area contributed by atoms with E-state index in [4.69, 9.17) is 9.47 Å². The summed E-state index contributed by atoms with van der Waals surface area (Å²) in [4.78, 5) is 19.7. The number of hydrogen-bond acceptors (Lipinski definition) is 5. The second-order valence-electron chi connectivity index (χ2n) is 3.14. The zero-order valence-corrected chi connectivity index (χ0v) is 9.82. The molecule has 1 heterocycles. The summed E-state index contributed by atoms with van der Waals surface area (Å²) >= 11 is 0. The molecule has 0 unspecified atom stereocenters. The molecule has 0 spiro atoms. The molecule has 16 heavy (non-hydrogen) atoms. The molecule has 1 rings (SSSR count). The number of hydrogen-bond donors (Lipinski definition) is 0. The molecule has 0 fully saturated rings. The fourth-order valence-electron chi connectivity index (χ4n) is 1.19. The maximum absolute atomic E-state index is 11.5. The summed E-state index contributed by atoms with van der Waals surface area (Å²) in [5.74, 6) is 0.190. The van der Waals surface area contributed by atoms with Gasteiger partial charge in [-0.2, -0.15) is 0 Å². The lowest BCUT2D eigenvalue weighted by molar-refractivity contribution is 0.0524. The number of carbonyl (C=O) groups excluding carboxylic acids is 1. The fraction of sp³-hybridized carbons (Fsp3) is 0.545. The smallest absolute Gasteiger partial charge is 0.341 e. The molecular formula is C11H16N2O3. The van der Waals surface area contributed by atoms with Gasteiger partial charge >= 0.3 is 5.97 Å². The lowest BCUT2D eigenvalue weighted by Gasteiger charge is -2.06. The van der Waals surface area contributed by atoms with Crippen LogP contribution in [-0.2, 0) is 16.1 Å². The monoisotopic (exact) mass is 224 g/mol. The molecule has 0 aromatic carbocycles. The van der Waals surface area contributed by atoms with Crippen molar-refractivity contribution in [2.45, 2.75) is 27.4 Å². The first-order chi connectivity index (χ1) is 7.69. The van der Waals surface area contributed by atoms with E-state index in [0.29, 0.717) is 36.9 Å². The summed E-state index contributed by atoms with van der Waals surface area (Å²) in [5.41, 5.74) is 1.02. The SMILES string of the molecule is CCOCc1ncc(C(=O)OCC)c(C)n1. The van der Waals surface area contributed by atoms with Crippen LogP contribution < -0.4 is 0 Å². The maximum Gasteiger partial charge on any atom is 0.341 e. The van der Waals surface area contributed by atoms with Gasteiger partial charge in [0.05, 0.1) is 17.9 Å². The van der Waals surface area contributed by atoms with Gasteiger partial charge in [-0.05, 0) is 20.8 Å². The molecule has 0 atom stereocenters. The Bertz CT molecular complexity index is 366. The Kier molecular flexibility index (Phi) is 4.85. The van der Waals surface area contributed by atoms with E-state index in [-0.39, 0.29) is 5.97 Å². The van der Waals surface area contributed by atoms with Crippen molar-refractivity contribution in [2.24, 2.45) is 0 Å². The standard InChI is InChI=1S/C11H16N2O3/c1-4-15-7-10-12-6-9(8(3)13-10)11(14)16-5-2/h6H,4-5,7H2,1-3H3. The molecule has 1 aromatic rings. The zero-order chi connectivity index (χ0) is 12.0. The van der Waals surface area contributed by atoms with Gasteiger partial charge < -0.3 is 9.47 Å². The van der Waals surface area contributed by atoms with E-state index in [2.05, 4.69) is 9.97 Å². The third kappa shape index (κ3) is 3.27. The molecule has 0 bridgehead atoms. The van der Waals surface area contributed by atoms with Crippen LogP contribution in [0.15, 0.2) is 6.20 Å². The first-order valence-corrected chi connectivity index (χ1v) is 5.26. The highest BCUT2D eigenvalue weighted by atomic mass is 16.5. The van der Waals surface area contributed by atoms with Crippen molar-refractivity contribution in [3.8, 4) is 0 Å². The molecule has 1 aromatic heterocycles. The number of rotatable bonds is 5. The van der Waals surface area contributed by atoms with Crippen LogP contribution in [0.3, 0.4) is 0 Å². The van der Waals surface area contributed by atoms with Crippen LogP contribution in [0.5, 0.6) is 0 Å². The summed E-state index contributed by atoms with van der Waals surface area (Å²) in [6.45, 7) is 6.74. The van der Waals surface area contributed by atoms with Crippen LogP contribution >= 0.6 is 0 Å². The normalized spacial score (nSPS) is 10.2. The molecule has 0 radical (unpaired) electrons. The minimum Gasteiger partial charge on any atom is -0.462 e. The predicted molar refractivity (Wildman–Crippen MR) is 58.1 cm³/mol. The van der Waals surface area contributed by atoms with E-state index in [1.807, 2.05) is 6.92 Å². The summed E-state index contributed by atoms with van der Waals surface area (Å²) in [7, 11) is 0. The molecule has 5 heteroatoms. The predicted octanol–water partition coefficient (Wildman–Crippen LogP) is 1.50. The third-order valence-corrected chi connectivity index (χ3v) is 1.96. The molecule has 0 aliphatic heterocycles. The van der Waals surface area contributed by atoms with Crippen LogP contribution in [0.4, 0.5) is 0 Å². The molecule has 5 nitrogen and oxygen atoms in total. The highest BCUT2D eigenvalue weighted by molar-refractivity contribution is 5.90. The summed E-state index contributed by atoms with van der Waals surface area (Å²) < 4.78 is 10.1. The Labute approximate surface area is 94.8 Å². The topological polar surface area (TPSA) is 61.3 Å². The second-order valence-corrected chi connectivity index (χ2v) is 3.14. The van der Waals surface area contributed by atoms with E-state index in [1.165, 1.54) is 6.20 Å². The lowest BCUT2D eigenvalue weighted by Crippen LogP contribution is -2.10. The molecule has 88 valence electrons. The highest BCUT2D eigenvalue weighted by Crippen LogP contribution is 2.06. The number of carbonyl (C=O) groups is 1. The molecule has 0 amide bonds. The van der Waals surface area contributed by atoms with Gasteiger partial charge in [-0.1, -0.05) is 0 Å². The van der Waals surface area contributed by atoms with Crippen LogP contribution in [0.2, 0.25) is 0 Å². The van der Waals surface area contributed by atoms with Crippen LogP contribution in [0, 0.1) is 6.92 Å². The Hall–Kier alpha value is -1.49. The minimum absolute atomic E-state index is 0.346. The number of esters is 1. The lowest BCUT2D eigenvalue weighted by atomic mass is 10.2. The number of aryl methyl sites for hydroxylation is 1. The third-order valence-electron chi connectivity index (χ3n) is 1.96. The van der Waals surface area contributed by atoms with Crippen molar-refractivity contribution >= 4 is 5.97 Å². The quantitative estimate of drug-likeness (QED) is 0.709. The average molecular weight is 224 g/mol. The Morgan fingerprint density at radius 2 is 2.12 bits per heavy atom. The van der Waals surface area contributed by atoms with Gasteiger partial charge in [0.2, 0.25) is 0 Å². The van der Waals surface area contributed by atoms with Crippen molar-refractivity contribution in [3.05, 3.63) is 23.3 Å². The van der Waals surface area contributed by atoms with Gasteiger partial charge in [-0.25, -0.2) is 14.8 Å². The molecule has 0 saturated heterocycles. The van der Waals surface area contributed by atoms with Gasteiger partial charge in [0.25, 0.3) is 0 Å². The Morgan fingerprint density at radius 3 is 2.69 bits per heavy atom. The van der Waals surface area contributed by atoms with Gasteiger partial charge in [-0.15, -0.1) is 0 Å². The van der Waals surface area contributed by atoms with E-state index in [9.17, 15) is 4.79 Å². The number of ether oxygens (including phenoxy) is 2. The maximum atomic E-state index is 11.5. The van der Waals surface area contributed by atoms with Crippen molar-refractivity contribution in [1.29, 1.82) is 0 Å². The van der Waals surface area contributed by atoms with Crippen molar-refractivity contribution in [3.63, 3.8) is 0 Å². The first-order valence-electron chi connectivity index (χ1n) is 5.26. The summed E-state index contributed by atoms with van der Waals surface area (Å²) in [5, 5.41) is 0. The summed E-state index contributed by atoms with van der Waals surface area (Å²) in [6.07, 6.45) is 1.48. The van der Waals surface area contributed by atoms with E-state index in [1.54, 1.807) is 13.8 Å². The highest BCUT2D eigenvalue weighted by Gasteiger charge is 2.12. The van der Waals surface area contributed by atoms with Crippen molar-refractivity contribution < 1.29 is 14.3 Å². The van der Waals surface area contributed by atoms with Gasteiger partial charge in [0.1, 0.15) is 6.61 Å². The number of aromatic nitrogens is 2. The second kappa shape index (κ2) is 6.17.